The first-order chi connectivity index (χ1) is 18.0. The molecular weight excluding hydrogens is 504 g/mol. The largest absolute Gasteiger partial charge is 0.481 e. The van der Waals surface area contributed by atoms with Crippen molar-refractivity contribution in [1.29, 1.82) is 0 Å². The van der Waals surface area contributed by atoms with E-state index in [0.29, 0.717) is 35.7 Å². The molecule has 2 fully saturated rings. The lowest BCUT2D eigenvalue weighted by molar-refractivity contribution is -0.865. The predicted octanol–water partition coefficient (Wildman–Crippen LogP) is 7.25. The number of carboxylic acids is 1. The van der Waals surface area contributed by atoms with Gasteiger partial charge in [-0.15, -0.1) is 0 Å². The second-order valence-electron chi connectivity index (χ2n) is 15.0. The molecule has 2 N–H and O–H groups in total. The van der Waals surface area contributed by atoms with Crippen LogP contribution in [-0.4, -0.2) is 61.2 Å². The van der Waals surface area contributed by atoms with E-state index in [4.69, 9.17) is 4.43 Å². The van der Waals surface area contributed by atoms with Crippen LogP contribution in [-0.2, 0) is 15.6 Å². The zero-order chi connectivity index (χ0) is 29.1. The Morgan fingerprint density at radius 3 is 2.21 bits per heavy atom. The second-order valence-corrected chi connectivity index (χ2v) is 19.7. The summed E-state index contributed by atoms with van der Waals surface area (Å²) in [5.41, 5.74) is 0.687. The number of carboxylic acid groups (broad SMARTS) is 1. The number of likely N-dealkylation sites (tertiary alicyclic amines) is 1. The molecule has 1 aliphatic heterocycles. The molecule has 3 rings (SSSR count). The molecule has 2 amide bonds. The molecule has 5 atom stereocenters. The maximum absolute atomic E-state index is 14.1. The highest BCUT2D eigenvalue weighted by Gasteiger charge is 2.50. The van der Waals surface area contributed by atoms with Crippen LogP contribution in [0.4, 0.5) is 4.79 Å². The maximum Gasteiger partial charge on any atom is 0.417 e. The van der Waals surface area contributed by atoms with Gasteiger partial charge in [-0.25, -0.2) is 9.28 Å². The molecule has 6 nitrogen and oxygen atoms in total. The number of fused-ring (bicyclic) bond motifs is 1. The molecule has 1 aliphatic carbocycles. The van der Waals surface area contributed by atoms with Gasteiger partial charge in [-0.05, 0) is 76.1 Å². The Morgan fingerprint density at radius 1 is 1.03 bits per heavy atom. The monoisotopic (exact) mass is 559 g/mol. The van der Waals surface area contributed by atoms with Gasteiger partial charge in [-0.1, -0.05) is 63.9 Å². The predicted molar refractivity (Wildman–Crippen MR) is 161 cm³/mol. The number of hydrogen-bond donors (Lipinski definition) is 2. The fourth-order valence-electron chi connectivity index (χ4n) is 6.36. The van der Waals surface area contributed by atoms with Crippen molar-refractivity contribution in [3.8, 4) is 0 Å². The van der Waals surface area contributed by atoms with Crippen LogP contribution in [0, 0.1) is 17.8 Å². The van der Waals surface area contributed by atoms with Gasteiger partial charge in [0.15, 0.2) is 8.32 Å². The van der Waals surface area contributed by atoms with Crippen molar-refractivity contribution in [3.63, 3.8) is 0 Å². The average Bonchev–Trinajstić information content (AvgIpc) is 2.82. The molecule has 7 heteroatoms. The van der Waals surface area contributed by atoms with Gasteiger partial charge in [-0.3, -0.25) is 4.79 Å². The van der Waals surface area contributed by atoms with Gasteiger partial charge < -0.3 is 14.8 Å². The van der Waals surface area contributed by atoms with Crippen LogP contribution in [0.15, 0.2) is 30.3 Å². The normalized spacial score (nSPS) is 25.8. The van der Waals surface area contributed by atoms with E-state index in [1.54, 1.807) is 0 Å². The SMILES string of the molecule is CC(C)(C)NC(=O)[N+]1(C[C@H](C[C@@H](Cc2ccccc2)C(=O)O)O[Si](C)(C)C(C)(C)C)CC[C@@H]2CCCC[C@@H]2C1. The first kappa shape index (κ1) is 31.8. The van der Waals surface area contributed by atoms with E-state index in [-0.39, 0.29) is 22.7 Å². The van der Waals surface area contributed by atoms with E-state index < -0.39 is 20.2 Å². The highest BCUT2D eigenvalue weighted by Crippen LogP contribution is 2.42. The first-order valence-corrected chi connectivity index (χ1v) is 18.1. The Kier molecular flexibility index (Phi) is 10.1. The number of nitrogens with zero attached hydrogens (tertiary/aromatic N) is 1. The number of piperidine rings is 1. The minimum absolute atomic E-state index is 0.0156. The van der Waals surface area contributed by atoms with Crippen LogP contribution in [0.2, 0.25) is 18.1 Å². The van der Waals surface area contributed by atoms with Crippen molar-refractivity contribution in [3.05, 3.63) is 35.9 Å². The van der Waals surface area contributed by atoms with E-state index in [9.17, 15) is 14.7 Å². The molecule has 0 bridgehead atoms. The number of benzene rings is 1. The van der Waals surface area contributed by atoms with E-state index in [1.807, 2.05) is 51.1 Å². The summed E-state index contributed by atoms with van der Waals surface area (Å²) in [6.45, 7) is 19.4. The van der Waals surface area contributed by atoms with Gasteiger partial charge in [0, 0.05) is 17.9 Å². The lowest BCUT2D eigenvalue weighted by atomic mass is 9.74. The molecule has 220 valence electrons. The van der Waals surface area contributed by atoms with E-state index in [0.717, 1.165) is 25.1 Å². The van der Waals surface area contributed by atoms with Gasteiger partial charge in [0.1, 0.15) is 6.54 Å². The average molecular weight is 560 g/mol. The molecule has 0 aromatic heterocycles. The fraction of sp³-hybridized carbons (Fsp3) is 0.750. The maximum atomic E-state index is 14.1. The Labute approximate surface area is 238 Å². The summed E-state index contributed by atoms with van der Waals surface area (Å²) in [6.07, 6.45) is 6.62. The lowest BCUT2D eigenvalue weighted by Gasteiger charge is -2.49. The smallest absolute Gasteiger partial charge is 0.417 e. The molecule has 1 saturated heterocycles. The molecule has 39 heavy (non-hydrogen) atoms. The minimum Gasteiger partial charge on any atom is -0.481 e. The number of carbonyl (C=O) groups excluding carboxylic acids is 1. The quantitative estimate of drug-likeness (QED) is 0.247. The fourth-order valence-corrected chi connectivity index (χ4v) is 7.72. The van der Waals surface area contributed by atoms with Gasteiger partial charge in [0.25, 0.3) is 0 Å². The summed E-state index contributed by atoms with van der Waals surface area (Å²) in [4.78, 5) is 26.7. The Morgan fingerprint density at radius 2 is 1.64 bits per heavy atom. The number of amides is 2. The number of hydrogen-bond acceptors (Lipinski definition) is 3. The summed E-state index contributed by atoms with van der Waals surface area (Å²) in [5.74, 6) is -0.108. The molecule has 1 saturated carbocycles. The van der Waals surface area contributed by atoms with E-state index in [1.165, 1.54) is 25.7 Å². The van der Waals surface area contributed by atoms with Crippen molar-refractivity contribution in [2.75, 3.05) is 19.6 Å². The van der Waals surface area contributed by atoms with Crippen molar-refractivity contribution in [1.82, 2.24) is 5.32 Å². The van der Waals surface area contributed by atoms with Crippen LogP contribution in [0.5, 0.6) is 0 Å². The van der Waals surface area contributed by atoms with Crippen molar-refractivity contribution >= 4 is 20.3 Å². The molecular formula is C32H55N2O4Si+. The van der Waals surface area contributed by atoms with Crippen LogP contribution in [0.3, 0.4) is 0 Å². The van der Waals surface area contributed by atoms with Gasteiger partial charge in [0.2, 0.25) is 0 Å². The molecule has 1 heterocycles. The topological polar surface area (TPSA) is 75.6 Å². The summed E-state index contributed by atoms with van der Waals surface area (Å²) in [5, 5.41) is 13.6. The molecule has 0 spiro atoms. The summed E-state index contributed by atoms with van der Waals surface area (Å²) >= 11 is 0. The third kappa shape index (κ3) is 8.64. The standard InChI is InChI=1S/C32H54N2O4Si/c1-31(2,3)33-30(37)34(19-18-25-16-12-13-17-26(25)22-34)23-28(38-39(7,8)32(4,5)6)21-27(29(35)36)20-24-14-10-9-11-15-24/h9-11,14-15,25-28H,12-13,16-23H2,1-8H3,(H-,33,35,36,37)/p+1/t25-,26+,27+,28-,34?/m0/s1. The summed E-state index contributed by atoms with van der Waals surface area (Å²) in [7, 11) is -2.23. The van der Waals surface area contributed by atoms with Crippen molar-refractivity contribution < 1.29 is 23.6 Å². The number of urea groups is 1. The molecule has 0 radical (unpaired) electrons. The van der Waals surface area contributed by atoms with E-state index in [2.05, 4.69) is 39.2 Å². The summed E-state index contributed by atoms with van der Waals surface area (Å²) in [6, 6.07) is 9.95. The zero-order valence-electron chi connectivity index (χ0n) is 25.9. The van der Waals surface area contributed by atoms with Crippen LogP contribution in [0.25, 0.3) is 0 Å². The Balaban J connectivity index is 1.96. The number of aliphatic carboxylic acids is 1. The van der Waals surface area contributed by atoms with Crippen LogP contribution >= 0.6 is 0 Å². The minimum atomic E-state index is -2.23. The molecule has 1 unspecified atom stereocenters. The van der Waals surface area contributed by atoms with Gasteiger partial charge in [0.05, 0.1) is 25.1 Å². The third-order valence-corrected chi connectivity index (χ3v) is 14.1. The number of rotatable bonds is 9. The Bertz CT molecular complexity index is 969. The first-order valence-electron chi connectivity index (χ1n) is 15.1. The van der Waals surface area contributed by atoms with Crippen molar-refractivity contribution in [2.45, 2.75) is 116 Å². The zero-order valence-corrected chi connectivity index (χ0v) is 26.9. The lowest BCUT2D eigenvalue weighted by Crippen LogP contribution is -2.68. The van der Waals surface area contributed by atoms with Crippen LogP contribution < -0.4 is 5.32 Å². The Hall–Kier alpha value is -1.70. The van der Waals surface area contributed by atoms with E-state index >= 15 is 0 Å². The van der Waals surface area contributed by atoms with Crippen molar-refractivity contribution in [2.24, 2.45) is 17.8 Å². The van der Waals surface area contributed by atoms with Crippen LogP contribution in [0.1, 0.15) is 85.6 Å². The second kappa shape index (κ2) is 12.4. The number of quaternary nitrogens is 1. The van der Waals surface area contributed by atoms with Gasteiger partial charge >= 0.3 is 12.0 Å². The molecule has 2 aliphatic rings. The highest BCUT2D eigenvalue weighted by molar-refractivity contribution is 6.74. The number of nitrogens with one attached hydrogen (secondary N) is 1. The molecule has 1 aromatic rings. The highest BCUT2D eigenvalue weighted by atomic mass is 28.4. The number of carbonyl (C=O) groups is 2. The third-order valence-electron chi connectivity index (χ3n) is 9.53. The molecule has 1 aromatic carbocycles. The summed E-state index contributed by atoms with van der Waals surface area (Å²) < 4.78 is 7.40. The van der Waals surface area contributed by atoms with Gasteiger partial charge in [-0.2, -0.15) is 0 Å².